The number of rotatable bonds is 15. The van der Waals surface area contributed by atoms with Gasteiger partial charge >= 0.3 is 5.97 Å². The molecule has 1 heterocycles. The molecule has 0 fully saturated rings. The van der Waals surface area contributed by atoms with Gasteiger partial charge in [0.25, 0.3) is 0 Å². The number of unbranched alkanes of at least 4 members (excludes halogenated alkanes) is 2. The summed E-state index contributed by atoms with van der Waals surface area (Å²) < 4.78 is 22.5. The van der Waals surface area contributed by atoms with E-state index in [1.807, 2.05) is 69.5 Å². The maximum atomic E-state index is 11.7. The van der Waals surface area contributed by atoms with E-state index >= 15 is 0 Å². The summed E-state index contributed by atoms with van der Waals surface area (Å²) in [5, 5.41) is 11.0. The number of esters is 1. The molecule has 0 unspecified atom stereocenters. The molecule has 2 aromatic carbocycles. The molecule has 0 saturated carbocycles. The maximum absolute atomic E-state index is 11.7. The van der Waals surface area contributed by atoms with Gasteiger partial charge in [0.1, 0.15) is 30.6 Å². The van der Waals surface area contributed by atoms with Crippen molar-refractivity contribution in [1.82, 2.24) is 9.97 Å². The fourth-order valence-corrected chi connectivity index (χ4v) is 4.86. The number of carbonyl (C=O) groups is 1. The molecule has 0 amide bonds. The molecule has 3 rings (SSSR count). The van der Waals surface area contributed by atoms with E-state index in [0.717, 1.165) is 41.8 Å². The Bertz CT molecular complexity index is 1400. The zero-order valence-electron chi connectivity index (χ0n) is 25.7. The predicted octanol–water partition coefficient (Wildman–Crippen LogP) is 7.54. The normalized spacial score (nSPS) is 11.6. The van der Waals surface area contributed by atoms with Gasteiger partial charge in [0.05, 0.1) is 22.9 Å². The molecule has 0 atom stereocenters. The maximum Gasteiger partial charge on any atom is 0.332 e. The molecule has 0 bridgehead atoms. The molecule has 0 aliphatic heterocycles. The Labute approximate surface area is 264 Å². The van der Waals surface area contributed by atoms with Crippen LogP contribution in [0.2, 0.25) is 5.02 Å². The van der Waals surface area contributed by atoms with Crippen molar-refractivity contribution in [3.63, 3.8) is 0 Å². The molecule has 8 nitrogen and oxygen atoms in total. The highest BCUT2D eigenvalue weighted by Crippen LogP contribution is 2.38. The largest absolute Gasteiger partial charge is 0.491 e. The molecule has 0 aliphatic rings. The van der Waals surface area contributed by atoms with Crippen LogP contribution in [-0.4, -0.2) is 47.6 Å². The molecule has 0 saturated heterocycles. The number of thioether (sulfide) groups is 1. The third-order valence-corrected chi connectivity index (χ3v) is 7.38. The Morgan fingerprint density at radius 3 is 2.37 bits per heavy atom. The number of aromatic nitrogens is 2. The number of hydrogen-bond acceptors (Lipinski definition) is 9. The molecule has 0 radical (unpaired) electrons. The topological polar surface area (TPSA) is 104 Å². The molecule has 1 aromatic heterocycles. The van der Waals surface area contributed by atoms with Gasteiger partial charge in [-0.3, -0.25) is 0 Å². The molecular formula is C33H40ClN3O5S. The molecule has 230 valence electrons. The molecule has 43 heavy (non-hydrogen) atoms. The summed E-state index contributed by atoms with van der Waals surface area (Å²) in [4.78, 5) is 20.3. The van der Waals surface area contributed by atoms with Gasteiger partial charge in [-0.2, -0.15) is 5.26 Å². The first-order valence-corrected chi connectivity index (χ1v) is 15.8. The van der Waals surface area contributed by atoms with Gasteiger partial charge in [-0.1, -0.05) is 49.3 Å². The van der Waals surface area contributed by atoms with Crippen LogP contribution >= 0.6 is 23.4 Å². The number of hydrogen-bond donors (Lipinski definition) is 0. The lowest BCUT2D eigenvalue weighted by atomic mass is 9.77. The molecule has 3 aromatic rings. The van der Waals surface area contributed by atoms with Gasteiger partial charge in [-0.05, 0) is 87.7 Å². The van der Waals surface area contributed by atoms with E-state index in [1.165, 1.54) is 11.8 Å². The standard InChI is InChI=1S/C33H40ClN3O5S/c1-32(2,3)42-29(38)22-39-16-8-7-9-17-40-30-23(20-35)18-25(19-28(30)34)33(4,5)24-10-12-27(13-11-24)41-21-26-14-15-36-31(37-26)43-6/h10-15,18-19H,7-9,16-17,21-22H2,1-6H3. The van der Waals surface area contributed by atoms with Crippen LogP contribution in [0.1, 0.15) is 76.3 Å². The van der Waals surface area contributed by atoms with E-state index in [2.05, 4.69) is 29.9 Å². The van der Waals surface area contributed by atoms with Crippen molar-refractivity contribution < 1.29 is 23.7 Å². The fraction of sp³-hybridized carbons (Fsp3) is 0.455. The number of ether oxygens (including phenoxy) is 4. The van der Waals surface area contributed by atoms with Crippen molar-refractivity contribution >= 4 is 29.3 Å². The first-order valence-electron chi connectivity index (χ1n) is 14.2. The van der Waals surface area contributed by atoms with Crippen molar-refractivity contribution in [2.75, 3.05) is 26.1 Å². The minimum Gasteiger partial charge on any atom is -0.491 e. The van der Waals surface area contributed by atoms with Gasteiger partial charge in [0.2, 0.25) is 0 Å². The zero-order valence-corrected chi connectivity index (χ0v) is 27.3. The third-order valence-electron chi connectivity index (χ3n) is 6.54. The second-order valence-electron chi connectivity index (χ2n) is 11.5. The van der Waals surface area contributed by atoms with E-state index in [4.69, 9.17) is 30.5 Å². The Hall–Kier alpha value is -3.32. The summed E-state index contributed by atoms with van der Waals surface area (Å²) in [6, 6.07) is 15.7. The molecule has 0 N–H and O–H groups in total. The summed E-state index contributed by atoms with van der Waals surface area (Å²) in [7, 11) is 0. The Morgan fingerprint density at radius 2 is 1.70 bits per heavy atom. The van der Waals surface area contributed by atoms with Crippen LogP contribution in [0.3, 0.4) is 0 Å². The number of nitriles is 1. The lowest BCUT2D eigenvalue weighted by molar-refractivity contribution is -0.160. The third kappa shape index (κ3) is 10.7. The van der Waals surface area contributed by atoms with Gasteiger partial charge < -0.3 is 18.9 Å². The summed E-state index contributed by atoms with van der Waals surface area (Å²) in [6.45, 7) is 10.8. The average Bonchev–Trinajstić information content (AvgIpc) is 2.97. The predicted molar refractivity (Wildman–Crippen MR) is 169 cm³/mol. The lowest BCUT2D eigenvalue weighted by Gasteiger charge is -2.27. The zero-order chi connectivity index (χ0) is 31.5. The van der Waals surface area contributed by atoms with Crippen LogP contribution in [0, 0.1) is 11.3 Å². The van der Waals surface area contributed by atoms with Gasteiger partial charge in [0, 0.05) is 18.2 Å². The van der Waals surface area contributed by atoms with E-state index in [1.54, 1.807) is 6.20 Å². The summed E-state index contributed by atoms with van der Waals surface area (Å²) >= 11 is 8.13. The van der Waals surface area contributed by atoms with Crippen molar-refractivity contribution in [3.05, 3.63) is 76.1 Å². The van der Waals surface area contributed by atoms with Crippen LogP contribution in [0.5, 0.6) is 11.5 Å². The number of nitrogens with zero attached hydrogens (tertiary/aromatic N) is 3. The van der Waals surface area contributed by atoms with Crippen molar-refractivity contribution in [3.8, 4) is 17.6 Å². The highest BCUT2D eigenvalue weighted by molar-refractivity contribution is 7.98. The average molecular weight is 626 g/mol. The van der Waals surface area contributed by atoms with Crippen molar-refractivity contribution in [2.45, 2.75) is 76.7 Å². The number of halogens is 1. The van der Waals surface area contributed by atoms with E-state index in [-0.39, 0.29) is 12.6 Å². The fourth-order valence-electron chi connectivity index (χ4n) is 4.21. The Morgan fingerprint density at radius 1 is 0.977 bits per heavy atom. The summed E-state index contributed by atoms with van der Waals surface area (Å²) in [5.74, 6) is 0.757. The summed E-state index contributed by atoms with van der Waals surface area (Å²) in [5.41, 5.74) is 2.22. The smallest absolute Gasteiger partial charge is 0.332 e. The van der Waals surface area contributed by atoms with Gasteiger partial charge in [0.15, 0.2) is 10.9 Å². The van der Waals surface area contributed by atoms with Crippen LogP contribution in [0.4, 0.5) is 0 Å². The Kier molecular flexibility index (Phi) is 12.7. The molecule has 10 heteroatoms. The number of carbonyl (C=O) groups excluding carboxylic acids is 1. The molecule has 0 aliphatic carbocycles. The van der Waals surface area contributed by atoms with Gasteiger partial charge in [-0.15, -0.1) is 0 Å². The molecular weight excluding hydrogens is 586 g/mol. The van der Waals surface area contributed by atoms with Crippen LogP contribution in [0.15, 0.2) is 53.8 Å². The highest BCUT2D eigenvalue weighted by Gasteiger charge is 2.26. The first-order chi connectivity index (χ1) is 20.4. The van der Waals surface area contributed by atoms with Crippen LogP contribution in [0.25, 0.3) is 0 Å². The van der Waals surface area contributed by atoms with E-state index in [0.29, 0.717) is 41.3 Å². The lowest BCUT2D eigenvalue weighted by Crippen LogP contribution is -2.26. The van der Waals surface area contributed by atoms with Crippen LogP contribution < -0.4 is 9.47 Å². The SMILES string of the molecule is CSc1nccc(COc2ccc(C(C)(C)c3cc(Cl)c(OCCCCCOCC(=O)OC(C)(C)C)c(C#N)c3)cc2)n1. The monoisotopic (exact) mass is 625 g/mol. The molecule has 0 spiro atoms. The van der Waals surface area contributed by atoms with E-state index < -0.39 is 11.0 Å². The van der Waals surface area contributed by atoms with Crippen molar-refractivity contribution in [1.29, 1.82) is 5.26 Å². The quantitative estimate of drug-likeness (QED) is 0.0733. The second-order valence-corrected chi connectivity index (χ2v) is 12.6. The second kappa shape index (κ2) is 15.9. The van der Waals surface area contributed by atoms with Gasteiger partial charge in [-0.25, -0.2) is 14.8 Å². The summed E-state index contributed by atoms with van der Waals surface area (Å²) in [6.07, 6.45) is 6.05. The minimum absolute atomic E-state index is 0.0568. The number of benzene rings is 2. The Balaban J connectivity index is 1.52. The minimum atomic E-state index is -0.519. The highest BCUT2D eigenvalue weighted by atomic mass is 35.5. The van der Waals surface area contributed by atoms with Crippen molar-refractivity contribution in [2.24, 2.45) is 0 Å². The first kappa shape index (κ1) is 34.2. The van der Waals surface area contributed by atoms with E-state index in [9.17, 15) is 10.1 Å². The van der Waals surface area contributed by atoms with Crippen LogP contribution in [-0.2, 0) is 26.3 Å².